The second-order valence-electron chi connectivity index (χ2n) is 11.4. The summed E-state index contributed by atoms with van der Waals surface area (Å²) in [5.41, 5.74) is 1.75. The number of ether oxygens (including phenoxy) is 6. The largest absolute Gasteiger partial charge is 0.493 e. The zero-order valence-electron chi connectivity index (χ0n) is 29.3. The van der Waals surface area contributed by atoms with Gasteiger partial charge in [0.1, 0.15) is 0 Å². The molecule has 0 bridgehead atoms. The highest BCUT2D eigenvalue weighted by Gasteiger charge is 2.49. The van der Waals surface area contributed by atoms with E-state index >= 15 is 0 Å². The summed E-state index contributed by atoms with van der Waals surface area (Å²) in [7, 11) is 7.70. The van der Waals surface area contributed by atoms with Crippen LogP contribution in [0.25, 0.3) is 5.57 Å². The first-order valence-electron chi connectivity index (χ1n) is 16.3. The standard InChI is InChI=1S/C42H42O6P2/c1-43-34-27-28-35(49(30-19-11-7-12-20-30)31-21-13-8-14-22-31)37(39(34)44-2)38-36(29-42(47-5,48-6)41(46-4)40(38)45-3)50(32-23-15-9-16-24-32)33-25-17-10-18-26-33/h7-28H,29H2,1-6H3. The number of hydrogen-bond acceptors (Lipinski definition) is 6. The Balaban J connectivity index is 1.82. The van der Waals surface area contributed by atoms with Crippen LogP contribution in [0, 0.1) is 0 Å². The number of hydrogen-bond donors (Lipinski definition) is 0. The summed E-state index contributed by atoms with van der Waals surface area (Å²) in [5, 5.41) is 6.93. The lowest BCUT2D eigenvalue weighted by Gasteiger charge is -2.41. The monoisotopic (exact) mass is 704 g/mol. The molecule has 0 aliphatic heterocycles. The lowest BCUT2D eigenvalue weighted by molar-refractivity contribution is -0.201. The molecule has 0 atom stereocenters. The Morgan fingerprint density at radius 3 is 1.32 bits per heavy atom. The lowest BCUT2D eigenvalue weighted by Crippen LogP contribution is -2.42. The molecule has 0 spiro atoms. The topological polar surface area (TPSA) is 55.4 Å². The summed E-state index contributed by atoms with van der Waals surface area (Å²) >= 11 is 0. The van der Waals surface area contributed by atoms with Crippen molar-refractivity contribution in [3.8, 4) is 11.5 Å². The fourth-order valence-electron chi connectivity index (χ4n) is 6.65. The van der Waals surface area contributed by atoms with Crippen LogP contribution in [-0.4, -0.2) is 48.4 Å². The predicted molar refractivity (Wildman–Crippen MR) is 207 cm³/mol. The molecule has 50 heavy (non-hydrogen) atoms. The Hall–Kier alpha value is -4.44. The second kappa shape index (κ2) is 16.1. The van der Waals surface area contributed by atoms with Crippen molar-refractivity contribution in [1.29, 1.82) is 0 Å². The van der Waals surface area contributed by atoms with Crippen molar-refractivity contribution < 1.29 is 28.4 Å². The second-order valence-corrected chi connectivity index (χ2v) is 15.9. The Bertz CT molecular complexity index is 1860. The fraction of sp³-hybridized carbons (Fsp3) is 0.190. The molecule has 0 heterocycles. The van der Waals surface area contributed by atoms with Gasteiger partial charge in [0, 0.05) is 31.8 Å². The molecule has 0 saturated heterocycles. The number of allylic oxidation sites excluding steroid dienone is 1. The molecule has 0 amide bonds. The van der Waals surface area contributed by atoms with Crippen LogP contribution >= 0.6 is 15.8 Å². The Labute approximate surface area is 297 Å². The molecule has 8 heteroatoms. The van der Waals surface area contributed by atoms with E-state index in [9.17, 15) is 0 Å². The molecule has 0 fully saturated rings. The van der Waals surface area contributed by atoms with Gasteiger partial charge in [0.2, 0.25) is 5.79 Å². The number of benzene rings is 5. The van der Waals surface area contributed by atoms with Gasteiger partial charge in [-0.3, -0.25) is 0 Å². The maximum Gasteiger partial charge on any atom is 0.235 e. The number of rotatable bonds is 13. The summed E-state index contributed by atoms with van der Waals surface area (Å²) < 4.78 is 37.5. The Morgan fingerprint density at radius 1 is 0.480 bits per heavy atom. The van der Waals surface area contributed by atoms with Gasteiger partial charge in [-0.15, -0.1) is 0 Å². The van der Waals surface area contributed by atoms with Gasteiger partial charge < -0.3 is 28.4 Å². The van der Waals surface area contributed by atoms with Gasteiger partial charge in [-0.05, 0) is 59.8 Å². The highest BCUT2D eigenvalue weighted by Crippen LogP contribution is 2.59. The molecule has 1 aliphatic carbocycles. The van der Waals surface area contributed by atoms with Crippen LogP contribution in [0.3, 0.4) is 0 Å². The van der Waals surface area contributed by atoms with Gasteiger partial charge in [-0.1, -0.05) is 121 Å². The van der Waals surface area contributed by atoms with Gasteiger partial charge in [0.05, 0.1) is 28.4 Å². The predicted octanol–water partition coefficient (Wildman–Crippen LogP) is 7.20. The molecule has 0 saturated carbocycles. The van der Waals surface area contributed by atoms with E-state index in [0.29, 0.717) is 29.4 Å². The normalized spacial score (nSPS) is 14.2. The Morgan fingerprint density at radius 2 is 0.940 bits per heavy atom. The molecule has 5 aromatic carbocycles. The van der Waals surface area contributed by atoms with E-state index in [2.05, 4.69) is 115 Å². The van der Waals surface area contributed by atoms with Crippen LogP contribution in [0.4, 0.5) is 0 Å². The molecule has 0 N–H and O–H groups in total. The molecule has 0 aromatic heterocycles. The van der Waals surface area contributed by atoms with Crippen LogP contribution in [0.1, 0.15) is 12.0 Å². The average molecular weight is 705 g/mol. The zero-order chi connectivity index (χ0) is 35.1. The SMILES string of the molecule is COC1=C(OC)C(OC)(OC)CC(P(c2ccccc2)c2ccccc2)=C1c1c(P(c2ccccc2)c2ccccc2)ccc(OC)c1OC. The quantitative estimate of drug-likeness (QED) is 0.0955. The van der Waals surface area contributed by atoms with E-state index in [1.54, 1.807) is 42.7 Å². The summed E-state index contributed by atoms with van der Waals surface area (Å²) in [5.74, 6) is 0.932. The highest BCUT2D eigenvalue weighted by molar-refractivity contribution is 7.80. The van der Waals surface area contributed by atoms with E-state index in [-0.39, 0.29) is 0 Å². The van der Waals surface area contributed by atoms with Crippen LogP contribution < -0.4 is 36.0 Å². The summed E-state index contributed by atoms with van der Waals surface area (Å²) in [6, 6.07) is 46.7. The molecule has 256 valence electrons. The van der Waals surface area contributed by atoms with Gasteiger partial charge >= 0.3 is 0 Å². The van der Waals surface area contributed by atoms with Crippen LogP contribution in [0.5, 0.6) is 11.5 Å². The molecular formula is C42H42O6P2. The maximum absolute atomic E-state index is 6.45. The van der Waals surface area contributed by atoms with Crippen LogP contribution in [0.2, 0.25) is 0 Å². The van der Waals surface area contributed by atoms with Crippen molar-refractivity contribution in [2.24, 2.45) is 0 Å². The van der Waals surface area contributed by atoms with Gasteiger partial charge in [-0.25, -0.2) is 0 Å². The minimum Gasteiger partial charge on any atom is -0.493 e. The third-order valence-electron chi connectivity index (χ3n) is 8.88. The van der Waals surface area contributed by atoms with Gasteiger partial charge in [-0.2, -0.15) is 0 Å². The van der Waals surface area contributed by atoms with Gasteiger partial charge in [0.15, 0.2) is 23.0 Å². The van der Waals surface area contributed by atoms with Crippen molar-refractivity contribution >= 4 is 47.9 Å². The highest BCUT2D eigenvalue weighted by atomic mass is 31.1. The van der Waals surface area contributed by atoms with E-state index in [1.807, 2.05) is 18.2 Å². The fourth-order valence-corrected chi connectivity index (χ4v) is 11.8. The molecular weight excluding hydrogens is 662 g/mol. The first kappa shape index (κ1) is 35.4. The third-order valence-corrected chi connectivity index (χ3v) is 13.9. The van der Waals surface area contributed by atoms with Crippen molar-refractivity contribution in [2.75, 3.05) is 42.7 Å². The average Bonchev–Trinajstić information content (AvgIpc) is 3.19. The Kier molecular flexibility index (Phi) is 11.4. The molecule has 5 aromatic rings. The summed E-state index contributed by atoms with van der Waals surface area (Å²) in [6.07, 6.45) is 0.370. The van der Waals surface area contributed by atoms with Crippen LogP contribution in [-0.2, 0) is 18.9 Å². The first-order chi connectivity index (χ1) is 24.5. The van der Waals surface area contributed by atoms with Crippen molar-refractivity contribution in [3.63, 3.8) is 0 Å². The van der Waals surface area contributed by atoms with E-state index < -0.39 is 21.6 Å². The van der Waals surface area contributed by atoms with Crippen LogP contribution in [0.15, 0.2) is 150 Å². The summed E-state index contributed by atoms with van der Waals surface area (Å²) in [4.78, 5) is 0. The molecule has 0 radical (unpaired) electrons. The molecule has 6 nitrogen and oxygen atoms in total. The minimum absolute atomic E-state index is 0.370. The zero-order valence-corrected chi connectivity index (χ0v) is 31.0. The van der Waals surface area contributed by atoms with Crippen molar-refractivity contribution in [3.05, 3.63) is 156 Å². The van der Waals surface area contributed by atoms with E-state index in [0.717, 1.165) is 21.8 Å². The van der Waals surface area contributed by atoms with Crippen molar-refractivity contribution in [2.45, 2.75) is 12.2 Å². The third kappa shape index (κ3) is 6.57. The lowest BCUT2D eigenvalue weighted by atomic mass is 9.91. The van der Waals surface area contributed by atoms with E-state index in [1.165, 1.54) is 21.2 Å². The molecule has 6 rings (SSSR count). The molecule has 1 aliphatic rings. The molecule has 0 unspecified atom stereocenters. The maximum atomic E-state index is 6.45. The van der Waals surface area contributed by atoms with E-state index in [4.69, 9.17) is 28.4 Å². The number of methoxy groups -OCH3 is 6. The minimum atomic E-state index is -1.25. The smallest absolute Gasteiger partial charge is 0.235 e. The van der Waals surface area contributed by atoms with Crippen molar-refractivity contribution in [1.82, 2.24) is 0 Å². The van der Waals surface area contributed by atoms with Gasteiger partial charge in [0.25, 0.3) is 0 Å². The summed E-state index contributed by atoms with van der Waals surface area (Å²) in [6.45, 7) is 0. The first-order valence-corrected chi connectivity index (χ1v) is 19.0.